The van der Waals surface area contributed by atoms with Crippen LogP contribution in [0.15, 0.2) is 0 Å². The summed E-state index contributed by atoms with van der Waals surface area (Å²) in [5, 5.41) is 28.3. The van der Waals surface area contributed by atoms with Crippen molar-refractivity contribution in [1.29, 1.82) is 0 Å². The van der Waals surface area contributed by atoms with Gasteiger partial charge in [0.15, 0.2) is 5.40 Å². The summed E-state index contributed by atoms with van der Waals surface area (Å²) in [6, 6.07) is -1.66. The van der Waals surface area contributed by atoms with Crippen LogP contribution >= 0.6 is 38.7 Å². The molecule has 0 radical (unpaired) electrons. The summed E-state index contributed by atoms with van der Waals surface area (Å²) < 4.78 is 22.4. The molecule has 0 spiro atoms. The largest absolute Gasteiger partial charge is 0.480 e. The number of nitrogens with one attached hydrogen (secondary N) is 9. The van der Waals surface area contributed by atoms with Gasteiger partial charge in [-0.1, -0.05) is 33.1 Å². The number of likely N-dealkylation sites (N-methyl/N-ethyl adjacent to an activating group) is 2. The maximum atomic E-state index is 12.4. The molecule has 0 saturated heterocycles. The van der Waals surface area contributed by atoms with Crippen molar-refractivity contribution >= 4 is 97.8 Å². The average molecular weight is 1110 g/mol. The summed E-state index contributed by atoms with van der Waals surface area (Å²) in [5.74, 6) is -4.70. The molecule has 0 rings (SSSR count). The van der Waals surface area contributed by atoms with E-state index in [2.05, 4.69) is 54.8 Å². The zero-order chi connectivity index (χ0) is 55.7. The Balaban J connectivity index is -0.00000109. The van der Waals surface area contributed by atoms with Crippen molar-refractivity contribution in [2.24, 2.45) is 11.7 Å². The number of thioether (sulfide) groups is 2. The molecule has 0 aliphatic heterocycles. The van der Waals surface area contributed by atoms with Gasteiger partial charge in [0.1, 0.15) is 18.6 Å². The molecule has 9 amide bonds. The lowest BCUT2D eigenvalue weighted by Crippen LogP contribution is -2.49. The van der Waals surface area contributed by atoms with Crippen molar-refractivity contribution in [2.45, 2.75) is 116 Å². The van der Waals surface area contributed by atoms with Crippen molar-refractivity contribution in [2.75, 3.05) is 76.4 Å². The van der Waals surface area contributed by atoms with E-state index < -0.39 is 81.8 Å². The summed E-state index contributed by atoms with van der Waals surface area (Å²) in [6.45, 7) is 8.18. The monoisotopic (exact) mass is 1110 g/mol. The average Bonchev–Trinajstić information content (AvgIpc) is 3.29. The topological polar surface area (TPSA) is 440 Å². The lowest BCUT2D eigenvalue weighted by atomic mass is 10.0. The molecule has 0 aromatic heterocycles. The minimum absolute atomic E-state index is 0.000904. The van der Waals surface area contributed by atoms with E-state index in [0.717, 1.165) is 38.5 Å². The third-order valence-electron chi connectivity index (χ3n) is 9.33. The molecular weight excluding hydrogens is 1030 g/mol. The summed E-state index contributed by atoms with van der Waals surface area (Å²) >= 11 is 2.60. The Kier molecular flexibility index (Phi) is 43.0. The van der Waals surface area contributed by atoms with Gasteiger partial charge in [-0.25, -0.2) is 0 Å². The van der Waals surface area contributed by atoms with Crippen LogP contribution in [-0.4, -0.2) is 178 Å². The number of carbonyl (C=O) groups is 10. The number of nitrogens with two attached hydrogens (primary N) is 1. The van der Waals surface area contributed by atoms with Crippen molar-refractivity contribution < 1.29 is 81.8 Å². The molecule has 16 N–H and O–H groups in total. The van der Waals surface area contributed by atoms with E-state index in [1.165, 1.54) is 23.5 Å². The number of rotatable bonds is 36. The van der Waals surface area contributed by atoms with Gasteiger partial charge in [-0.3, -0.25) is 57.1 Å². The fraction of sp³-hybridized carbons (Fsp3) is 0.756. The third kappa shape index (κ3) is 41.2. The van der Waals surface area contributed by atoms with Crippen molar-refractivity contribution in [3.05, 3.63) is 0 Å². The molecule has 418 valence electrons. The molecule has 3 unspecified atom stereocenters. The normalized spacial score (nSPS) is 12.1. The van der Waals surface area contributed by atoms with Gasteiger partial charge < -0.3 is 78.3 Å². The van der Waals surface area contributed by atoms with Crippen LogP contribution in [0.1, 0.15) is 98.3 Å². The number of unbranched alkanes of at least 4 members (excludes halogenated alkanes) is 4. The summed E-state index contributed by atoms with van der Waals surface area (Å²) in [5.41, 5.74) is 5.43. The van der Waals surface area contributed by atoms with Crippen LogP contribution in [-0.2, 0) is 57.1 Å². The number of hydrogen-bond acceptors (Lipinski definition) is 15. The standard InChI is InChI=1S/C16H30N4O12P2S.C13H26N4O3S.C12H24N2O2/c1-35-9-13(23)20-10(16(26)19-7-12(22)18-8-14(24)25)4-2-3-5-17-11(21)6-15(33(27,28)29)34(30,31)32;1-3-15-11(18)8-16-13(20)10(6-4-5-7-14)17-12(19)9-21-2;1-4-6-7-8-10(3)12(16)14-9-11(15)13-5-2/h10,15H,2-9H2,1H3,(H,17,21)(H,18,22)(H,19,26)(H,20,23)(H,24,25)(H2,27,28,29)(H2,30,31,32);10H,3-9,14H2,1-2H3,(H,15,18)(H,16,20)(H,17,19);10H,4-9H2,1-3H3,(H,13,15)(H,14,16). The Labute approximate surface area is 429 Å². The highest BCUT2D eigenvalue weighted by atomic mass is 32.2. The Morgan fingerprint density at radius 3 is 1.32 bits per heavy atom. The smallest absolute Gasteiger partial charge is 0.341 e. The molecule has 0 aromatic carbocycles. The van der Waals surface area contributed by atoms with Crippen LogP contribution in [0.2, 0.25) is 0 Å². The van der Waals surface area contributed by atoms with Gasteiger partial charge in [0.25, 0.3) is 0 Å². The van der Waals surface area contributed by atoms with E-state index in [-0.39, 0.29) is 80.1 Å². The van der Waals surface area contributed by atoms with E-state index in [9.17, 15) is 57.1 Å². The fourth-order valence-electron chi connectivity index (χ4n) is 5.65. The molecule has 27 nitrogen and oxygen atoms in total. The first kappa shape index (κ1) is 71.9. The van der Waals surface area contributed by atoms with Crippen molar-refractivity contribution in [3.63, 3.8) is 0 Å². The van der Waals surface area contributed by atoms with Crippen LogP contribution in [0.25, 0.3) is 0 Å². The maximum Gasteiger partial charge on any atom is 0.341 e. The van der Waals surface area contributed by atoms with Gasteiger partial charge in [-0.15, -0.1) is 0 Å². The number of carboxylic acid groups (broad SMARTS) is 1. The Bertz CT molecular complexity index is 1760. The minimum atomic E-state index is -5.23. The van der Waals surface area contributed by atoms with Crippen LogP contribution in [0.4, 0.5) is 0 Å². The predicted octanol–water partition coefficient (Wildman–Crippen LogP) is -1.82. The minimum Gasteiger partial charge on any atom is -0.480 e. The Morgan fingerprint density at radius 2 is 0.931 bits per heavy atom. The van der Waals surface area contributed by atoms with E-state index >= 15 is 0 Å². The molecule has 3 atom stereocenters. The lowest BCUT2D eigenvalue weighted by molar-refractivity contribution is -0.138. The van der Waals surface area contributed by atoms with E-state index in [1.807, 2.05) is 20.1 Å². The quantitative estimate of drug-likeness (QED) is 0.0243. The second kappa shape index (κ2) is 43.1. The predicted molar refractivity (Wildman–Crippen MR) is 273 cm³/mol. The summed E-state index contributed by atoms with van der Waals surface area (Å²) in [4.78, 5) is 152. The van der Waals surface area contributed by atoms with Gasteiger partial charge in [0, 0.05) is 25.6 Å². The van der Waals surface area contributed by atoms with Gasteiger partial charge >= 0.3 is 21.2 Å². The summed E-state index contributed by atoms with van der Waals surface area (Å²) in [6.07, 6.45) is 9.34. The van der Waals surface area contributed by atoms with Crippen LogP contribution in [0.3, 0.4) is 0 Å². The first-order chi connectivity index (χ1) is 33.7. The highest BCUT2D eigenvalue weighted by Crippen LogP contribution is 2.61. The number of aliphatic carboxylic acids is 1. The number of hydrogen-bond donors (Lipinski definition) is 15. The number of amides is 9. The van der Waals surface area contributed by atoms with Gasteiger partial charge in [-0.2, -0.15) is 23.5 Å². The Hall–Kier alpha value is -4.34. The molecule has 0 bridgehead atoms. The van der Waals surface area contributed by atoms with Gasteiger partial charge in [0.2, 0.25) is 53.2 Å². The van der Waals surface area contributed by atoms with Crippen LogP contribution in [0.5, 0.6) is 0 Å². The zero-order valence-corrected chi connectivity index (χ0v) is 45.5. The SMILES string of the molecule is CCCCCC(C)C(=O)NCC(=O)NCC.CCNC(=O)CNC(=O)C(CCCCN)NC(=O)CSC.CSCC(=O)NC(CCCCNC(=O)CC(P(=O)(O)O)P(=O)(O)O)C(=O)NCC(=O)NCC(=O)O. The lowest BCUT2D eigenvalue weighted by Gasteiger charge is -2.19. The molecule has 72 heavy (non-hydrogen) atoms. The number of carboxylic acids is 1. The fourth-order valence-corrected chi connectivity index (χ4v) is 8.71. The highest BCUT2D eigenvalue weighted by molar-refractivity contribution is 7.99. The maximum absolute atomic E-state index is 12.4. The first-order valence-electron chi connectivity index (χ1n) is 23.2. The van der Waals surface area contributed by atoms with Crippen molar-refractivity contribution in [3.8, 4) is 0 Å². The molecule has 0 fully saturated rings. The van der Waals surface area contributed by atoms with Gasteiger partial charge in [0.05, 0.1) is 37.6 Å². The van der Waals surface area contributed by atoms with Crippen molar-refractivity contribution in [1.82, 2.24) is 47.9 Å². The molecule has 0 saturated carbocycles. The first-order valence-corrected chi connectivity index (χ1v) is 29.4. The molecular formula is C41H80N10O17P2S2. The second-order valence-corrected chi connectivity index (χ2v) is 21.5. The van der Waals surface area contributed by atoms with Gasteiger partial charge in [-0.05, 0) is 77.8 Å². The zero-order valence-electron chi connectivity index (χ0n) is 42.1. The van der Waals surface area contributed by atoms with E-state index in [0.29, 0.717) is 31.8 Å². The Morgan fingerprint density at radius 1 is 0.514 bits per heavy atom. The van der Waals surface area contributed by atoms with Crippen LogP contribution in [0, 0.1) is 5.92 Å². The molecule has 0 heterocycles. The molecule has 0 aliphatic carbocycles. The van der Waals surface area contributed by atoms with E-state index in [1.54, 1.807) is 13.2 Å². The molecule has 31 heteroatoms. The highest BCUT2D eigenvalue weighted by Gasteiger charge is 2.44. The second-order valence-electron chi connectivity index (χ2n) is 15.7. The van der Waals surface area contributed by atoms with E-state index in [4.69, 9.17) is 30.4 Å². The number of carbonyl (C=O) groups excluding carboxylic acids is 9. The summed E-state index contributed by atoms with van der Waals surface area (Å²) in [7, 11) is -10.5. The van der Waals surface area contributed by atoms with Crippen LogP contribution < -0.4 is 53.6 Å². The molecule has 0 aliphatic rings. The molecule has 0 aromatic rings. The third-order valence-corrected chi connectivity index (χ3v) is 14.2.